The normalized spacial score (nSPS) is 13.5. The van der Waals surface area contributed by atoms with Crippen LogP contribution >= 0.6 is 0 Å². The zero-order valence-corrected chi connectivity index (χ0v) is 7.46. The summed E-state index contributed by atoms with van der Waals surface area (Å²) in [4.78, 5) is 31.7. The predicted octanol–water partition coefficient (Wildman–Crippen LogP) is 0.317. The summed E-state index contributed by atoms with van der Waals surface area (Å²) in [5.74, 6) is -4.26. The van der Waals surface area contributed by atoms with Crippen LogP contribution < -0.4 is 0 Å². The second-order valence-corrected chi connectivity index (χ2v) is 2.95. The molecule has 1 aliphatic rings. The van der Waals surface area contributed by atoms with Crippen molar-refractivity contribution in [3.63, 3.8) is 0 Å². The number of hydrogen-bond acceptors (Lipinski definition) is 7. The lowest BCUT2D eigenvalue weighted by atomic mass is 10.1. The fourth-order valence-electron chi connectivity index (χ4n) is 1.38. The second-order valence-electron chi connectivity index (χ2n) is 2.95. The molecule has 1 aliphatic heterocycles. The SMILES string of the molecule is O=C1OC(=O)c2c1cc(O)c(O)c2[N+](=O)[O-]. The number of carbonyl (C=O) groups excluding carboxylic acids is 2. The van der Waals surface area contributed by atoms with Crippen LogP contribution in [-0.2, 0) is 4.74 Å². The number of rotatable bonds is 1. The Kier molecular flexibility index (Phi) is 1.81. The van der Waals surface area contributed by atoms with Crippen LogP contribution in [-0.4, -0.2) is 27.1 Å². The lowest BCUT2D eigenvalue weighted by Crippen LogP contribution is -2.01. The zero-order chi connectivity index (χ0) is 12.0. The van der Waals surface area contributed by atoms with Crippen molar-refractivity contribution in [3.8, 4) is 11.5 Å². The Bertz CT molecular complexity index is 548. The Morgan fingerprint density at radius 3 is 2.44 bits per heavy atom. The van der Waals surface area contributed by atoms with E-state index in [-0.39, 0.29) is 0 Å². The van der Waals surface area contributed by atoms with E-state index in [2.05, 4.69) is 4.74 Å². The van der Waals surface area contributed by atoms with Crippen LogP contribution in [0.1, 0.15) is 20.7 Å². The van der Waals surface area contributed by atoms with Crippen molar-refractivity contribution >= 4 is 17.6 Å². The lowest BCUT2D eigenvalue weighted by molar-refractivity contribution is -0.386. The quantitative estimate of drug-likeness (QED) is 0.231. The fourth-order valence-corrected chi connectivity index (χ4v) is 1.38. The van der Waals surface area contributed by atoms with Gasteiger partial charge in [-0.2, -0.15) is 0 Å². The minimum Gasteiger partial charge on any atom is -0.504 e. The van der Waals surface area contributed by atoms with E-state index < -0.39 is 45.2 Å². The van der Waals surface area contributed by atoms with Crippen molar-refractivity contribution in [3.05, 3.63) is 27.3 Å². The molecule has 8 nitrogen and oxygen atoms in total. The minimum atomic E-state index is -1.22. The smallest absolute Gasteiger partial charge is 0.354 e. The van der Waals surface area contributed by atoms with E-state index in [1.54, 1.807) is 0 Å². The van der Waals surface area contributed by atoms with Crippen LogP contribution in [0.5, 0.6) is 11.5 Å². The molecular weight excluding hydrogens is 222 g/mol. The van der Waals surface area contributed by atoms with Gasteiger partial charge in [0.1, 0.15) is 0 Å². The Balaban J connectivity index is 2.88. The zero-order valence-electron chi connectivity index (χ0n) is 7.46. The third kappa shape index (κ3) is 1.10. The molecule has 0 amide bonds. The van der Waals surface area contributed by atoms with E-state index in [0.717, 1.165) is 6.07 Å². The van der Waals surface area contributed by atoms with Crippen LogP contribution in [0.2, 0.25) is 0 Å². The highest BCUT2D eigenvalue weighted by Gasteiger charge is 2.41. The van der Waals surface area contributed by atoms with Gasteiger partial charge < -0.3 is 14.9 Å². The summed E-state index contributed by atoms with van der Waals surface area (Å²) >= 11 is 0. The largest absolute Gasteiger partial charge is 0.504 e. The number of cyclic esters (lactones) is 2. The monoisotopic (exact) mass is 225 g/mol. The molecule has 82 valence electrons. The summed E-state index contributed by atoms with van der Waals surface area (Å²) in [5.41, 5.74) is -2.12. The van der Waals surface area contributed by atoms with E-state index in [1.807, 2.05) is 0 Å². The van der Waals surface area contributed by atoms with Crippen LogP contribution in [0.25, 0.3) is 0 Å². The summed E-state index contributed by atoms with van der Waals surface area (Å²) in [6.07, 6.45) is 0. The number of ether oxygens (including phenoxy) is 1. The summed E-state index contributed by atoms with van der Waals surface area (Å²) in [7, 11) is 0. The number of nitro groups is 1. The third-order valence-electron chi connectivity index (χ3n) is 2.05. The Morgan fingerprint density at radius 1 is 1.25 bits per heavy atom. The number of benzene rings is 1. The number of esters is 2. The standard InChI is InChI=1S/C8H3NO7/c10-3-1-2-4(8(13)16-7(2)12)5(6(3)11)9(14)15/h1,10-11H. The van der Waals surface area contributed by atoms with E-state index >= 15 is 0 Å². The van der Waals surface area contributed by atoms with Crippen molar-refractivity contribution in [1.29, 1.82) is 0 Å². The number of carbonyl (C=O) groups is 2. The fraction of sp³-hybridized carbons (Fsp3) is 0. The topological polar surface area (TPSA) is 127 Å². The second kappa shape index (κ2) is 2.92. The molecule has 2 rings (SSSR count). The molecular formula is C8H3NO7. The molecule has 0 fully saturated rings. The van der Waals surface area contributed by atoms with Crippen LogP contribution in [0.15, 0.2) is 6.07 Å². The van der Waals surface area contributed by atoms with Crippen LogP contribution in [0.3, 0.4) is 0 Å². The van der Waals surface area contributed by atoms with E-state index in [4.69, 9.17) is 5.11 Å². The molecule has 0 radical (unpaired) electrons. The van der Waals surface area contributed by atoms with E-state index in [0.29, 0.717) is 0 Å². The average molecular weight is 225 g/mol. The summed E-state index contributed by atoms with van der Waals surface area (Å²) in [5, 5.41) is 29.0. The number of nitro benzene ring substituents is 1. The first-order chi connectivity index (χ1) is 7.43. The molecule has 0 spiro atoms. The van der Waals surface area contributed by atoms with Crippen molar-refractivity contribution in [2.75, 3.05) is 0 Å². The van der Waals surface area contributed by atoms with Crippen LogP contribution in [0, 0.1) is 10.1 Å². The molecule has 0 saturated carbocycles. The Labute approximate surface area is 86.8 Å². The van der Waals surface area contributed by atoms with Gasteiger partial charge in [-0.3, -0.25) is 10.1 Å². The molecule has 0 saturated heterocycles. The van der Waals surface area contributed by atoms with Gasteiger partial charge in [0.15, 0.2) is 11.3 Å². The summed E-state index contributed by atoms with van der Waals surface area (Å²) in [6, 6.07) is 0.741. The van der Waals surface area contributed by atoms with Gasteiger partial charge in [0, 0.05) is 0 Å². The van der Waals surface area contributed by atoms with Gasteiger partial charge in [-0.1, -0.05) is 0 Å². The van der Waals surface area contributed by atoms with Gasteiger partial charge in [0.2, 0.25) is 5.75 Å². The van der Waals surface area contributed by atoms with Gasteiger partial charge >= 0.3 is 17.6 Å². The van der Waals surface area contributed by atoms with Crippen LogP contribution in [0.4, 0.5) is 5.69 Å². The lowest BCUT2D eigenvalue weighted by Gasteiger charge is -2.01. The predicted molar refractivity (Wildman–Crippen MR) is 46.2 cm³/mol. The highest BCUT2D eigenvalue weighted by atomic mass is 16.6. The van der Waals surface area contributed by atoms with Gasteiger partial charge in [-0.25, -0.2) is 9.59 Å². The first-order valence-corrected chi connectivity index (χ1v) is 3.93. The maximum Gasteiger partial charge on any atom is 0.354 e. The highest BCUT2D eigenvalue weighted by Crippen LogP contribution is 2.42. The molecule has 0 bridgehead atoms. The molecule has 0 aliphatic carbocycles. The molecule has 2 N–H and O–H groups in total. The van der Waals surface area contributed by atoms with Gasteiger partial charge in [0.25, 0.3) is 0 Å². The van der Waals surface area contributed by atoms with Gasteiger partial charge in [-0.05, 0) is 6.07 Å². The van der Waals surface area contributed by atoms with Crippen molar-refractivity contribution < 1.29 is 29.5 Å². The summed E-state index contributed by atoms with van der Waals surface area (Å²) in [6.45, 7) is 0. The van der Waals surface area contributed by atoms with E-state index in [1.165, 1.54) is 0 Å². The first-order valence-electron chi connectivity index (χ1n) is 3.93. The third-order valence-corrected chi connectivity index (χ3v) is 2.05. The Hall–Kier alpha value is -2.64. The number of fused-ring (bicyclic) bond motifs is 1. The Morgan fingerprint density at radius 2 is 1.88 bits per heavy atom. The molecule has 1 heterocycles. The molecule has 0 atom stereocenters. The van der Waals surface area contributed by atoms with Crippen molar-refractivity contribution in [1.82, 2.24) is 0 Å². The number of nitrogens with zero attached hydrogens (tertiary/aromatic N) is 1. The van der Waals surface area contributed by atoms with Gasteiger partial charge in [-0.15, -0.1) is 0 Å². The number of phenolic OH excluding ortho intramolecular Hbond substituents is 2. The first kappa shape index (κ1) is 9.90. The molecule has 8 heteroatoms. The van der Waals surface area contributed by atoms with Crippen molar-refractivity contribution in [2.45, 2.75) is 0 Å². The average Bonchev–Trinajstić information content (AvgIpc) is 2.44. The number of phenols is 2. The van der Waals surface area contributed by atoms with Crippen molar-refractivity contribution in [2.24, 2.45) is 0 Å². The molecule has 0 unspecified atom stereocenters. The maximum absolute atomic E-state index is 11.1. The summed E-state index contributed by atoms with van der Waals surface area (Å²) < 4.78 is 4.13. The van der Waals surface area contributed by atoms with E-state index in [9.17, 15) is 24.8 Å². The maximum atomic E-state index is 11.1. The number of aromatic hydroxyl groups is 2. The molecule has 1 aromatic carbocycles. The molecule has 16 heavy (non-hydrogen) atoms. The number of hydrogen-bond donors (Lipinski definition) is 2. The molecule has 1 aromatic rings. The van der Waals surface area contributed by atoms with Gasteiger partial charge in [0.05, 0.1) is 10.5 Å². The molecule has 0 aromatic heterocycles. The highest BCUT2D eigenvalue weighted by molar-refractivity contribution is 6.17. The minimum absolute atomic E-state index is 0.438.